The van der Waals surface area contributed by atoms with E-state index in [0.29, 0.717) is 24.0 Å². The SMILES string of the molecule is Cc1ccc(CNc2cc3c(cc2Cl)OCCO3)s1. The number of fused-ring (bicyclic) bond motifs is 1. The van der Waals surface area contributed by atoms with Gasteiger partial charge in [-0.1, -0.05) is 11.6 Å². The lowest BCUT2D eigenvalue weighted by Gasteiger charge is -2.20. The molecule has 3 rings (SSSR count). The summed E-state index contributed by atoms with van der Waals surface area (Å²) >= 11 is 8.02. The smallest absolute Gasteiger partial charge is 0.163 e. The van der Waals surface area contributed by atoms with Gasteiger partial charge in [0.1, 0.15) is 13.2 Å². The van der Waals surface area contributed by atoms with Crippen molar-refractivity contribution < 1.29 is 9.47 Å². The van der Waals surface area contributed by atoms with Gasteiger partial charge in [0.25, 0.3) is 0 Å². The lowest BCUT2D eigenvalue weighted by atomic mass is 10.2. The molecule has 0 saturated heterocycles. The second-order valence-electron chi connectivity index (χ2n) is 4.34. The van der Waals surface area contributed by atoms with Crippen molar-refractivity contribution in [2.75, 3.05) is 18.5 Å². The van der Waals surface area contributed by atoms with Crippen LogP contribution in [0.2, 0.25) is 5.02 Å². The number of anilines is 1. The van der Waals surface area contributed by atoms with Crippen molar-refractivity contribution in [3.63, 3.8) is 0 Å². The van der Waals surface area contributed by atoms with E-state index in [-0.39, 0.29) is 0 Å². The molecule has 0 aliphatic carbocycles. The highest BCUT2D eigenvalue weighted by atomic mass is 35.5. The van der Waals surface area contributed by atoms with Crippen molar-refractivity contribution in [3.05, 3.63) is 39.0 Å². The van der Waals surface area contributed by atoms with E-state index < -0.39 is 0 Å². The Balaban J connectivity index is 1.77. The van der Waals surface area contributed by atoms with Gasteiger partial charge >= 0.3 is 0 Å². The topological polar surface area (TPSA) is 30.5 Å². The van der Waals surface area contributed by atoms with E-state index >= 15 is 0 Å². The van der Waals surface area contributed by atoms with Gasteiger partial charge in [0.2, 0.25) is 0 Å². The van der Waals surface area contributed by atoms with Gasteiger partial charge in [-0.25, -0.2) is 0 Å². The summed E-state index contributed by atoms with van der Waals surface area (Å²) < 4.78 is 11.0. The maximum absolute atomic E-state index is 6.24. The monoisotopic (exact) mass is 295 g/mol. The van der Waals surface area contributed by atoms with Gasteiger partial charge in [0.15, 0.2) is 11.5 Å². The summed E-state index contributed by atoms with van der Waals surface area (Å²) in [4.78, 5) is 2.59. The molecular weight excluding hydrogens is 282 g/mol. The highest BCUT2D eigenvalue weighted by Crippen LogP contribution is 2.38. The van der Waals surface area contributed by atoms with Crippen LogP contribution in [0.5, 0.6) is 11.5 Å². The van der Waals surface area contributed by atoms with Crippen LogP contribution in [-0.2, 0) is 6.54 Å². The fraction of sp³-hybridized carbons (Fsp3) is 0.286. The number of hydrogen-bond acceptors (Lipinski definition) is 4. The fourth-order valence-corrected chi connectivity index (χ4v) is 3.01. The molecule has 3 nitrogen and oxygen atoms in total. The zero-order valence-electron chi connectivity index (χ0n) is 10.5. The molecule has 2 aromatic rings. The van der Waals surface area contributed by atoms with Crippen molar-refractivity contribution in [2.45, 2.75) is 13.5 Å². The quantitative estimate of drug-likeness (QED) is 0.925. The first-order chi connectivity index (χ1) is 9.22. The van der Waals surface area contributed by atoms with Crippen LogP contribution in [0.25, 0.3) is 0 Å². The molecule has 0 saturated carbocycles. The summed E-state index contributed by atoms with van der Waals surface area (Å²) in [7, 11) is 0. The Morgan fingerprint density at radius 2 is 1.95 bits per heavy atom. The number of hydrogen-bond donors (Lipinski definition) is 1. The Kier molecular flexibility index (Phi) is 3.53. The molecule has 0 radical (unpaired) electrons. The maximum Gasteiger partial charge on any atom is 0.163 e. The molecule has 1 aliphatic rings. The summed E-state index contributed by atoms with van der Waals surface area (Å²) in [5, 5.41) is 3.99. The molecule has 19 heavy (non-hydrogen) atoms. The Morgan fingerprint density at radius 3 is 2.63 bits per heavy atom. The minimum absolute atomic E-state index is 0.574. The van der Waals surface area contributed by atoms with Gasteiger partial charge in [-0.05, 0) is 19.1 Å². The molecule has 0 bridgehead atoms. The zero-order chi connectivity index (χ0) is 13.2. The molecule has 0 amide bonds. The van der Waals surface area contributed by atoms with Gasteiger partial charge in [0, 0.05) is 28.4 Å². The molecule has 100 valence electrons. The van der Waals surface area contributed by atoms with E-state index in [9.17, 15) is 0 Å². The highest BCUT2D eigenvalue weighted by Gasteiger charge is 2.14. The number of aryl methyl sites for hydroxylation is 1. The van der Waals surface area contributed by atoms with Crippen LogP contribution in [0, 0.1) is 6.92 Å². The van der Waals surface area contributed by atoms with E-state index in [1.165, 1.54) is 9.75 Å². The van der Waals surface area contributed by atoms with Crippen LogP contribution < -0.4 is 14.8 Å². The standard InChI is InChI=1S/C14H14ClNO2S/c1-9-2-3-10(19-9)8-16-12-7-14-13(6-11(12)15)17-4-5-18-14/h2-3,6-7,16H,4-5,8H2,1H3. The lowest BCUT2D eigenvalue weighted by Crippen LogP contribution is -2.15. The molecule has 5 heteroatoms. The first kappa shape index (κ1) is 12.6. The van der Waals surface area contributed by atoms with Gasteiger partial charge in [-0.15, -0.1) is 11.3 Å². The fourth-order valence-electron chi connectivity index (χ4n) is 1.96. The third kappa shape index (κ3) is 2.80. The normalized spacial score (nSPS) is 13.4. The molecule has 1 aromatic carbocycles. The molecule has 2 heterocycles. The van der Waals surface area contributed by atoms with Crippen LogP contribution >= 0.6 is 22.9 Å². The molecular formula is C14H14ClNO2S. The summed E-state index contributed by atoms with van der Waals surface area (Å²) in [6.07, 6.45) is 0. The largest absolute Gasteiger partial charge is 0.486 e. The molecule has 0 spiro atoms. The van der Waals surface area contributed by atoms with Gasteiger partial charge in [-0.2, -0.15) is 0 Å². The average Bonchev–Trinajstić information content (AvgIpc) is 2.82. The molecule has 0 unspecified atom stereocenters. The van der Waals surface area contributed by atoms with E-state index in [2.05, 4.69) is 24.4 Å². The predicted octanol–water partition coefficient (Wildman–Crippen LogP) is 4.09. The molecule has 1 aliphatic heterocycles. The lowest BCUT2D eigenvalue weighted by molar-refractivity contribution is 0.171. The Morgan fingerprint density at radius 1 is 1.21 bits per heavy atom. The van der Waals surface area contributed by atoms with Crippen molar-refractivity contribution in [3.8, 4) is 11.5 Å². The predicted molar refractivity (Wildman–Crippen MR) is 78.8 cm³/mol. The third-order valence-corrected chi connectivity index (χ3v) is 4.19. The number of nitrogens with one attached hydrogen (secondary N) is 1. The summed E-state index contributed by atoms with van der Waals surface area (Å²) in [6, 6.07) is 7.95. The van der Waals surface area contributed by atoms with Crippen molar-refractivity contribution in [1.29, 1.82) is 0 Å². The first-order valence-corrected chi connectivity index (χ1v) is 7.30. The highest BCUT2D eigenvalue weighted by molar-refractivity contribution is 7.11. The molecule has 1 N–H and O–H groups in total. The minimum atomic E-state index is 0.574. The number of thiophene rings is 1. The maximum atomic E-state index is 6.24. The Labute approximate surface area is 121 Å². The van der Waals surface area contributed by atoms with E-state index in [1.54, 1.807) is 17.4 Å². The second kappa shape index (κ2) is 5.31. The molecule has 0 fully saturated rings. The van der Waals surface area contributed by atoms with Crippen LogP contribution in [0.4, 0.5) is 5.69 Å². The van der Waals surface area contributed by atoms with Crippen molar-refractivity contribution >= 4 is 28.6 Å². The second-order valence-corrected chi connectivity index (χ2v) is 6.12. The van der Waals surface area contributed by atoms with Crippen LogP contribution in [0.15, 0.2) is 24.3 Å². The van der Waals surface area contributed by atoms with E-state index in [4.69, 9.17) is 21.1 Å². The minimum Gasteiger partial charge on any atom is -0.486 e. The van der Waals surface area contributed by atoms with Gasteiger partial charge in [0.05, 0.1) is 10.7 Å². The number of benzene rings is 1. The summed E-state index contributed by atoms with van der Waals surface area (Å²) in [6.45, 7) is 4.02. The molecule has 1 aromatic heterocycles. The zero-order valence-corrected chi connectivity index (χ0v) is 12.1. The van der Waals surface area contributed by atoms with Crippen LogP contribution in [0.1, 0.15) is 9.75 Å². The van der Waals surface area contributed by atoms with E-state index in [0.717, 1.165) is 18.0 Å². The van der Waals surface area contributed by atoms with Crippen LogP contribution in [-0.4, -0.2) is 13.2 Å². The Hall–Kier alpha value is -1.39. The van der Waals surface area contributed by atoms with Crippen LogP contribution in [0.3, 0.4) is 0 Å². The first-order valence-electron chi connectivity index (χ1n) is 6.11. The summed E-state index contributed by atoms with van der Waals surface area (Å²) in [5.41, 5.74) is 0.872. The molecule has 0 atom stereocenters. The van der Waals surface area contributed by atoms with Crippen molar-refractivity contribution in [2.24, 2.45) is 0 Å². The number of ether oxygens (including phenoxy) is 2. The number of rotatable bonds is 3. The van der Waals surface area contributed by atoms with Crippen molar-refractivity contribution in [1.82, 2.24) is 0 Å². The van der Waals surface area contributed by atoms with Gasteiger partial charge < -0.3 is 14.8 Å². The Bertz CT molecular complexity index is 597. The average molecular weight is 296 g/mol. The number of halogens is 1. The van der Waals surface area contributed by atoms with Gasteiger partial charge in [-0.3, -0.25) is 0 Å². The van der Waals surface area contributed by atoms with E-state index in [1.807, 2.05) is 6.07 Å². The summed E-state index contributed by atoms with van der Waals surface area (Å²) in [5.74, 6) is 1.47. The third-order valence-electron chi connectivity index (χ3n) is 2.88.